The van der Waals surface area contributed by atoms with Crippen molar-refractivity contribution in [2.75, 3.05) is 6.61 Å². The summed E-state index contributed by atoms with van der Waals surface area (Å²) in [6.07, 6.45) is -4.97. The first-order chi connectivity index (χ1) is 7.88. The summed E-state index contributed by atoms with van der Waals surface area (Å²) in [7, 11) is 0. The topological polar surface area (TPSA) is 107 Å². The molecule has 0 aliphatic carbocycles. The molecule has 0 radical (unpaired) electrons. The van der Waals surface area contributed by atoms with Crippen molar-refractivity contribution in [3.63, 3.8) is 0 Å². The minimum Gasteiger partial charge on any atom is -0.394 e. The number of alkyl halides is 1. The number of hydrogen-bond donors (Lipinski definition) is 4. The molecule has 1 unspecified atom stereocenters. The molecule has 1 aliphatic rings. The second-order valence-corrected chi connectivity index (χ2v) is 5.26. The van der Waals surface area contributed by atoms with E-state index in [2.05, 4.69) is 15.9 Å². The molecule has 7 heteroatoms. The Labute approximate surface area is 107 Å². The minimum absolute atomic E-state index is 0.156. The third kappa shape index (κ3) is 2.69. The highest BCUT2D eigenvalue weighted by atomic mass is 79.9. The van der Waals surface area contributed by atoms with Gasteiger partial charge in [-0.25, -0.2) is 0 Å². The highest BCUT2D eigenvalue weighted by molar-refractivity contribution is 9.10. The maximum atomic E-state index is 11.8. The first-order valence-corrected chi connectivity index (χ1v) is 6.22. The largest absolute Gasteiger partial charge is 0.394 e. The van der Waals surface area contributed by atoms with Crippen molar-refractivity contribution in [1.82, 2.24) is 0 Å². The maximum Gasteiger partial charge on any atom is 0.209 e. The number of halogens is 1. The van der Waals surface area contributed by atoms with Gasteiger partial charge >= 0.3 is 0 Å². The van der Waals surface area contributed by atoms with Gasteiger partial charge in [-0.2, -0.15) is 0 Å². The monoisotopic (exact) mass is 312 g/mol. The van der Waals surface area contributed by atoms with Crippen LogP contribution >= 0.6 is 15.9 Å². The number of Topliss-reactive ketones (excluding diaryl/α,β-unsaturated/α-hetero) is 1. The predicted molar refractivity (Wildman–Crippen MR) is 61.6 cm³/mol. The van der Waals surface area contributed by atoms with Crippen molar-refractivity contribution in [2.45, 2.75) is 48.7 Å². The van der Waals surface area contributed by atoms with E-state index in [4.69, 9.17) is 9.84 Å². The van der Waals surface area contributed by atoms with Crippen LogP contribution in [-0.2, 0) is 9.53 Å². The molecule has 0 amide bonds. The quantitative estimate of drug-likeness (QED) is 0.492. The lowest BCUT2D eigenvalue weighted by molar-refractivity contribution is -0.235. The average molecular weight is 313 g/mol. The van der Waals surface area contributed by atoms with Gasteiger partial charge in [0.2, 0.25) is 4.51 Å². The summed E-state index contributed by atoms with van der Waals surface area (Å²) < 4.78 is 3.42. The SMILES string of the molecule is CCCC(=O)C1(Br)O[C@H](CO)[C@@H](O)[C@H](O)[C@H]1O. The lowest BCUT2D eigenvalue weighted by Gasteiger charge is -2.44. The van der Waals surface area contributed by atoms with Gasteiger partial charge in [0.25, 0.3) is 0 Å². The number of hydrogen-bond acceptors (Lipinski definition) is 6. The van der Waals surface area contributed by atoms with Crippen molar-refractivity contribution in [3.05, 3.63) is 0 Å². The third-order valence-electron chi connectivity index (χ3n) is 2.79. The molecule has 0 aromatic heterocycles. The summed E-state index contributed by atoms with van der Waals surface area (Å²) >= 11 is 2.97. The van der Waals surface area contributed by atoms with Gasteiger partial charge in [-0.3, -0.25) is 4.79 Å². The van der Waals surface area contributed by atoms with E-state index < -0.39 is 41.3 Å². The van der Waals surface area contributed by atoms with E-state index in [9.17, 15) is 20.1 Å². The maximum absolute atomic E-state index is 11.8. The molecule has 0 bridgehead atoms. The normalized spacial score (nSPS) is 42.5. The van der Waals surface area contributed by atoms with E-state index in [0.717, 1.165) is 0 Å². The van der Waals surface area contributed by atoms with E-state index in [1.54, 1.807) is 6.92 Å². The van der Waals surface area contributed by atoms with Crippen LogP contribution < -0.4 is 0 Å². The Kier molecular flexibility index (Phi) is 5.06. The molecule has 1 fully saturated rings. The van der Waals surface area contributed by atoms with Crippen molar-refractivity contribution in [3.8, 4) is 0 Å². The first kappa shape index (κ1) is 15.0. The molecule has 4 N–H and O–H groups in total. The number of aliphatic hydroxyl groups is 4. The second-order valence-electron chi connectivity index (χ2n) is 4.08. The van der Waals surface area contributed by atoms with E-state index in [1.807, 2.05) is 0 Å². The van der Waals surface area contributed by atoms with E-state index in [-0.39, 0.29) is 6.42 Å². The Hall–Kier alpha value is -0.0500. The van der Waals surface area contributed by atoms with Crippen molar-refractivity contribution < 1.29 is 30.0 Å². The molecule has 0 aromatic carbocycles. The van der Waals surface area contributed by atoms with Crippen LogP contribution in [0.2, 0.25) is 0 Å². The Bertz CT molecular complexity index is 284. The van der Waals surface area contributed by atoms with Gasteiger partial charge in [-0.1, -0.05) is 6.92 Å². The number of aliphatic hydroxyl groups excluding tert-OH is 4. The molecule has 1 rings (SSSR count). The van der Waals surface area contributed by atoms with Crippen LogP contribution in [0.15, 0.2) is 0 Å². The smallest absolute Gasteiger partial charge is 0.209 e. The summed E-state index contributed by atoms with van der Waals surface area (Å²) in [4.78, 5) is 11.8. The van der Waals surface area contributed by atoms with E-state index in [0.29, 0.717) is 6.42 Å². The van der Waals surface area contributed by atoms with Crippen LogP contribution in [-0.4, -0.2) is 61.7 Å². The number of ether oxygens (including phenoxy) is 1. The number of ketones is 1. The number of carbonyl (C=O) groups is 1. The Morgan fingerprint density at radius 1 is 1.35 bits per heavy atom. The third-order valence-corrected chi connectivity index (χ3v) is 3.89. The molecule has 0 saturated carbocycles. The molecule has 1 saturated heterocycles. The predicted octanol–water partition coefficient (Wildman–Crippen LogP) is -1.08. The Morgan fingerprint density at radius 3 is 2.41 bits per heavy atom. The average Bonchev–Trinajstić information content (AvgIpc) is 2.31. The van der Waals surface area contributed by atoms with Crippen molar-refractivity contribution in [1.29, 1.82) is 0 Å². The molecule has 1 heterocycles. The van der Waals surface area contributed by atoms with Gasteiger partial charge in [0.1, 0.15) is 24.4 Å². The van der Waals surface area contributed by atoms with Gasteiger partial charge in [0.15, 0.2) is 5.78 Å². The lowest BCUT2D eigenvalue weighted by atomic mass is 9.92. The van der Waals surface area contributed by atoms with E-state index in [1.165, 1.54) is 0 Å². The summed E-state index contributed by atoms with van der Waals surface area (Å²) in [5, 5.41) is 37.9. The molecule has 1 aliphatic heterocycles. The number of carbonyl (C=O) groups excluding carboxylic acids is 1. The Balaban J connectivity index is 2.94. The second kappa shape index (κ2) is 5.73. The fourth-order valence-electron chi connectivity index (χ4n) is 1.76. The molecule has 6 nitrogen and oxygen atoms in total. The zero-order valence-corrected chi connectivity index (χ0v) is 11.0. The number of rotatable bonds is 4. The Morgan fingerprint density at radius 2 is 1.94 bits per heavy atom. The molecular weight excluding hydrogens is 296 g/mol. The fraction of sp³-hybridized carbons (Fsp3) is 0.900. The van der Waals surface area contributed by atoms with Gasteiger partial charge in [-0.15, -0.1) is 0 Å². The summed E-state index contributed by atoms with van der Waals surface area (Å²) in [5.41, 5.74) is 0. The van der Waals surface area contributed by atoms with Gasteiger partial charge in [-0.05, 0) is 22.4 Å². The molecule has 0 spiro atoms. The highest BCUT2D eigenvalue weighted by Gasteiger charge is 2.55. The van der Waals surface area contributed by atoms with Gasteiger partial charge < -0.3 is 25.2 Å². The fourth-order valence-corrected chi connectivity index (χ4v) is 2.47. The van der Waals surface area contributed by atoms with Crippen LogP contribution in [0.3, 0.4) is 0 Å². The van der Waals surface area contributed by atoms with Crippen LogP contribution in [0.25, 0.3) is 0 Å². The standard InChI is InChI=1S/C10H17BrO6/c1-2-3-6(13)10(11)9(16)8(15)7(14)5(4-12)17-10/h5,7-9,12,14-16H,2-4H2,1H3/t5-,7-,8+,9-,10?/m1/s1. The minimum atomic E-state index is -1.77. The zero-order chi connectivity index (χ0) is 13.2. The molecule has 17 heavy (non-hydrogen) atoms. The van der Waals surface area contributed by atoms with E-state index >= 15 is 0 Å². The molecular formula is C10H17BrO6. The summed E-state index contributed by atoms with van der Waals surface area (Å²) in [5.74, 6) is -0.433. The van der Waals surface area contributed by atoms with Crippen molar-refractivity contribution >= 4 is 21.7 Å². The van der Waals surface area contributed by atoms with Crippen LogP contribution in [0, 0.1) is 0 Å². The summed E-state index contributed by atoms with van der Waals surface area (Å²) in [6.45, 7) is 1.23. The molecule has 5 atom stereocenters. The molecule has 0 aromatic rings. The lowest BCUT2D eigenvalue weighted by Crippen LogP contribution is -2.65. The summed E-state index contributed by atoms with van der Waals surface area (Å²) in [6, 6.07) is 0. The van der Waals surface area contributed by atoms with Gasteiger partial charge in [0, 0.05) is 6.42 Å². The van der Waals surface area contributed by atoms with Crippen molar-refractivity contribution in [2.24, 2.45) is 0 Å². The zero-order valence-electron chi connectivity index (χ0n) is 9.41. The molecule has 100 valence electrons. The van der Waals surface area contributed by atoms with Crippen LogP contribution in [0.1, 0.15) is 19.8 Å². The highest BCUT2D eigenvalue weighted by Crippen LogP contribution is 2.36. The van der Waals surface area contributed by atoms with Crippen LogP contribution in [0.4, 0.5) is 0 Å². The first-order valence-electron chi connectivity index (χ1n) is 5.43. The van der Waals surface area contributed by atoms with Crippen LogP contribution in [0.5, 0.6) is 0 Å². The van der Waals surface area contributed by atoms with Gasteiger partial charge in [0.05, 0.1) is 6.61 Å².